The van der Waals surface area contributed by atoms with E-state index in [1.165, 1.54) is 41.9 Å². The van der Waals surface area contributed by atoms with E-state index in [0.717, 1.165) is 25.4 Å². The molecule has 0 spiro atoms. The highest BCUT2D eigenvalue weighted by molar-refractivity contribution is 7.99. The van der Waals surface area contributed by atoms with Crippen molar-refractivity contribution >= 4 is 28.7 Å². The molecule has 0 radical (unpaired) electrons. The fourth-order valence-corrected chi connectivity index (χ4v) is 4.57. The van der Waals surface area contributed by atoms with Gasteiger partial charge in [0.15, 0.2) is 22.8 Å². The summed E-state index contributed by atoms with van der Waals surface area (Å²) >= 11 is 1.53. The Labute approximate surface area is 166 Å². The first-order valence-corrected chi connectivity index (χ1v) is 10.5. The molecule has 0 bridgehead atoms. The summed E-state index contributed by atoms with van der Waals surface area (Å²) in [5.74, 6) is 1.11. The lowest BCUT2D eigenvalue weighted by atomic mass is 10.1. The van der Waals surface area contributed by atoms with Crippen LogP contribution in [-0.2, 0) is 4.74 Å². The van der Waals surface area contributed by atoms with Crippen LogP contribution in [0.2, 0.25) is 0 Å². The predicted molar refractivity (Wildman–Crippen MR) is 104 cm³/mol. The molecule has 154 valence electrons. The number of hydrogen-bond donors (Lipinski definition) is 4. The van der Waals surface area contributed by atoms with E-state index in [0.29, 0.717) is 16.3 Å². The number of imidazole rings is 1. The summed E-state index contributed by atoms with van der Waals surface area (Å²) in [6.07, 6.45) is 1.11. The van der Waals surface area contributed by atoms with Crippen LogP contribution in [0.5, 0.6) is 0 Å². The first-order valence-electron chi connectivity index (χ1n) is 9.56. The Morgan fingerprint density at radius 3 is 2.68 bits per heavy atom. The Morgan fingerprint density at radius 1 is 1.18 bits per heavy atom. The van der Waals surface area contributed by atoms with Gasteiger partial charge in [0.05, 0.1) is 12.9 Å². The molecule has 2 aromatic rings. The van der Waals surface area contributed by atoms with E-state index < -0.39 is 31.1 Å². The van der Waals surface area contributed by atoms with Crippen molar-refractivity contribution in [2.45, 2.75) is 49.0 Å². The van der Waals surface area contributed by atoms with Gasteiger partial charge in [0.2, 0.25) is 0 Å². The zero-order valence-corrected chi connectivity index (χ0v) is 16.3. The number of fused-ring (bicyclic) bond motifs is 1. The molecule has 2 aliphatic heterocycles. The summed E-state index contributed by atoms with van der Waals surface area (Å²) in [7, 11) is 0. The Balaban J connectivity index is 1.51. The second-order valence-electron chi connectivity index (χ2n) is 7.20. The molecular weight excluding hydrogens is 384 g/mol. The molecule has 2 aliphatic rings. The molecule has 0 aliphatic carbocycles. The smallest absolute Gasteiger partial charge is 0.191 e. The number of likely N-dealkylation sites (tertiary alicyclic amines) is 1. The van der Waals surface area contributed by atoms with Crippen LogP contribution in [0.25, 0.3) is 11.2 Å². The maximum absolute atomic E-state index is 10.3. The Morgan fingerprint density at radius 2 is 1.96 bits per heavy atom. The standard InChI is InChI=1S/C17H26N6O4S/c18-14-11-15(21-17(20-14)28-7-6-22-4-2-1-3-5-22)23(9-19-11)16-13(26)12(25)10(8-24)27-16/h9-10,12-13,16,24-26H,1-8H2,(H2,18,20,21)/t10-,12-,13-,16-/m1/s1. The summed E-state index contributed by atoms with van der Waals surface area (Å²) in [5, 5.41) is 30.1. The highest BCUT2D eigenvalue weighted by Crippen LogP contribution is 2.32. The summed E-state index contributed by atoms with van der Waals surface area (Å²) in [5.41, 5.74) is 6.90. The van der Waals surface area contributed by atoms with Gasteiger partial charge in [-0.1, -0.05) is 18.2 Å². The number of thioether (sulfide) groups is 1. The summed E-state index contributed by atoms with van der Waals surface area (Å²) in [6.45, 7) is 2.86. The van der Waals surface area contributed by atoms with Crippen LogP contribution in [0.1, 0.15) is 25.5 Å². The van der Waals surface area contributed by atoms with Crippen LogP contribution in [0.15, 0.2) is 11.5 Å². The molecule has 4 rings (SSSR count). The zero-order valence-electron chi connectivity index (χ0n) is 15.5. The predicted octanol–water partition coefficient (Wildman–Crippen LogP) is -0.402. The maximum atomic E-state index is 10.3. The molecule has 2 aromatic heterocycles. The summed E-state index contributed by atoms with van der Waals surface area (Å²) in [4.78, 5) is 15.6. The number of rotatable bonds is 6. The minimum Gasteiger partial charge on any atom is -0.394 e. The van der Waals surface area contributed by atoms with E-state index in [1.54, 1.807) is 0 Å². The van der Waals surface area contributed by atoms with Crippen LogP contribution < -0.4 is 5.73 Å². The van der Waals surface area contributed by atoms with E-state index >= 15 is 0 Å². The normalized spacial score (nSPS) is 29.0. The first kappa shape index (κ1) is 19.8. The molecule has 2 saturated heterocycles. The number of anilines is 1. The van der Waals surface area contributed by atoms with Gasteiger partial charge in [-0.25, -0.2) is 15.0 Å². The van der Waals surface area contributed by atoms with Gasteiger partial charge in [-0.15, -0.1) is 0 Å². The number of nitrogen functional groups attached to an aromatic ring is 1. The van der Waals surface area contributed by atoms with E-state index in [-0.39, 0.29) is 5.82 Å². The zero-order chi connectivity index (χ0) is 19.7. The van der Waals surface area contributed by atoms with Crippen molar-refractivity contribution in [3.63, 3.8) is 0 Å². The minimum absolute atomic E-state index is 0.260. The van der Waals surface area contributed by atoms with E-state index in [2.05, 4.69) is 19.9 Å². The summed E-state index contributed by atoms with van der Waals surface area (Å²) in [6, 6.07) is 0. The van der Waals surface area contributed by atoms with Crippen molar-refractivity contribution in [3.8, 4) is 0 Å². The SMILES string of the molecule is Nc1nc(SCCN2CCCCC2)nc2c1ncn2[C@@H]1O[C@H](CO)[C@@H](O)[C@H]1O. The number of ether oxygens (including phenoxy) is 1. The van der Waals surface area contributed by atoms with Gasteiger partial charge in [-0.2, -0.15) is 0 Å². The number of aliphatic hydroxyl groups is 3. The second-order valence-corrected chi connectivity index (χ2v) is 8.26. The fourth-order valence-electron chi connectivity index (χ4n) is 3.73. The van der Waals surface area contributed by atoms with Gasteiger partial charge in [-0.05, 0) is 25.9 Å². The van der Waals surface area contributed by atoms with Gasteiger partial charge in [0.1, 0.15) is 23.8 Å². The third-order valence-corrected chi connectivity index (χ3v) is 6.13. The Kier molecular flexibility index (Phi) is 5.99. The second kappa shape index (κ2) is 8.47. The van der Waals surface area contributed by atoms with Crippen LogP contribution in [0.4, 0.5) is 5.82 Å². The quantitative estimate of drug-likeness (QED) is 0.367. The topological polar surface area (TPSA) is 143 Å². The van der Waals surface area contributed by atoms with Gasteiger partial charge >= 0.3 is 0 Å². The van der Waals surface area contributed by atoms with Crippen molar-refractivity contribution in [2.24, 2.45) is 0 Å². The molecule has 11 heteroatoms. The molecule has 10 nitrogen and oxygen atoms in total. The van der Waals surface area contributed by atoms with Gasteiger partial charge in [0.25, 0.3) is 0 Å². The highest BCUT2D eigenvalue weighted by Gasteiger charge is 2.44. The minimum atomic E-state index is -1.21. The third-order valence-electron chi connectivity index (χ3n) is 5.31. The van der Waals surface area contributed by atoms with Crippen molar-refractivity contribution in [3.05, 3.63) is 6.33 Å². The molecule has 0 aromatic carbocycles. The van der Waals surface area contributed by atoms with E-state index in [4.69, 9.17) is 10.5 Å². The van der Waals surface area contributed by atoms with Crippen LogP contribution in [0, 0.1) is 0 Å². The number of hydrogen-bond acceptors (Lipinski definition) is 10. The van der Waals surface area contributed by atoms with Crippen LogP contribution in [0.3, 0.4) is 0 Å². The number of nitrogens with zero attached hydrogens (tertiary/aromatic N) is 5. The lowest BCUT2D eigenvalue weighted by Crippen LogP contribution is -2.33. The molecule has 4 atom stereocenters. The Bertz CT molecular complexity index is 814. The van der Waals surface area contributed by atoms with Crippen molar-refractivity contribution in [2.75, 3.05) is 37.7 Å². The number of nitrogens with two attached hydrogens (primary N) is 1. The van der Waals surface area contributed by atoms with Gasteiger partial charge in [0, 0.05) is 12.3 Å². The number of piperidine rings is 1. The molecule has 5 N–H and O–H groups in total. The average molecular weight is 411 g/mol. The van der Waals surface area contributed by atoms with Crippen molar-refractivity contribution < 1.29 is 20.1 Å². The lowest BCUT2D eigenvalue weighted by molar-refractivity contribution is -0.0511. The fraction of sp³-hybridized carbons (Fsp3) is 0.706. The lowest BCUT2D eigenvalue weighted by Gasteiger charge is -2.25. The van der Waals surface area contributed by atoms with Crippen LogP contribution >= 0.6 is 11.8 Å². The van der Waals surface area contributed by atoms with E-state index in [9.17, 15) is 15.3 Å². The third kappa shape index (κ3) is 3.82. The summed E-state index contributed by atoms with van der Waals surface area (Å²) < 4.78 is 7.12. The highest BCUT2D eigenvalue weighted by atomic mass is 32.2. The average Bonchev–Trinajstić information content (AvgIpc) is 3.24. The molecule has 0 saturated carbocycles. The maximum Gasteiger partial charge on any atom is 0.191 e. The number of aromatic nitrogens is 4. The largest absolute Gasteiger partial charge is 0.394 e. The van der Waals surface area contributed by atoms with Gasteiger partial charge < -0.3 is 30.7 Å². The first-order chi connectivity index (χ1) is 13.6. The van der Waals surface area contributed by atoms with Crippen molar-refractivity contribution in [1.82, 2.24) is 24.4 Å². The molecular formula is C17H26N6O4S. The molecule has 0 amide bonds. The Hall–Kier alpha value is -1.50. The molecule has 0 unspecified atom stereocenters. The molecule has 4 heterocycles. The van der Waals surface area contributed by atoms with Gasteiger partial charge in [-0.3, -0.25) is 4.57 Å². The van der Waals surface area contributed by atoms with Crippen molar-refractivity contribution in [1.29, 1.82) is 0 Å². The molecule has 28 heavy (non-hydrogen) atoms. The van der Waals surface area contributed by atoms with E-state index in [1.807, 2.05) is 0 Å². The molecule has 2 fully saturated rings. The monoisotopic (exact) mass is 410 g/mol. The number of aliphatic hydroxyl groups excluding tert-OH is 3. The van der Waals surface area contributed by atoms with Crippen LogP contribution in [-0.4, -0.2) is 90.0 Å².